The van der Waals surface area contributed by atoms with Crippen molar-refractivity contribution in [3.8, 4) is 11.8 Å². The van der Waals surface area contributed by atoms with Gasteiger partial charge in [0.1, 0.15) is 5.69 Å². The van der Waals surface area contributed by atoms with Crippen molar-refractivity contribution in [2.45, 2.75) is 0 Å². The van der Waals surface area contributed by atoms with Gasteiger partial charge in [0.25, 0.3) is 5.91 Å². The zero-order valence-electron chi connectivity index (χ0n) is 13.6. The van der Waals surface area contributed by atoms with Gasteiger partial charge in [-0.3, -0.25) is 4.79 Å². The molecule has 3 heterocycles. The van der Waals surface area contributed by atoms with Crippen LogP contribution in [-0.2, 0) is 0 Å². The minimum absolute atomic E-state index is 0.0519. The molecule has 4 rings (SSSR count). The van der Waals surface area contributed by atoms with Crippen molar-refractivity contribution in [3.63, 3.8) is 0 Å². The van der Waals surface area contributed by atoms with E-state index in [1.54, 1.807) is 22.8 Å². The van der Waals surface area contributed by atoms with Crippen LogP contribution in [0.3, 0.4) is 0 Å². The lowest BCUT2D eigenvalue weighted by Gasteiger charge is -2.26. The number of rotatable bonds is 1. The summed E-state index contributed by atoms with van der Waals surface area (Å²) >= 11 is 0. The number of amides is 1. The van der Waals surface area contributed by atoms with Crippen LogP contribution < -0.4 is 5.32 Å². The molecule has 1 N–H and O–H groups in total. The first kappa shape index (κ1) is 15.4. The van der Waals surface area contributed by atoms with Crippen LogP contribution in [0.5, 0.6) is 0 Å². The fraction of sp³-hybridized carbons (Fsp3) is 0.211. The normalized spacial score (nSPS) is 14.2. The first-order chi connectivity index (χ1) is 12.3. The van der Waals surface area contributed by atoms with E-state index in [1.165, 1.54) is 0 Å². The van der Waals surface area contributed by atoms with E-state index in [2.05, 4.69) is 27.2 Å². The summed E-state index contributed by atoms with van der Waals surface area (Å²) in [5.41, 5.74) is 2.63. The third-order valence-electron chi connectivity index (χ3n) is 4.06. The van der Waals surface area contributed by atoms with E-state index < -0.39 is 0 Å². The molecular weight excluding hydrogens is 314 g/mol. The van der Waals surface area contributed by atoms with E-state index in [-0.39, 0.29) is 5.91 Å². The molecule has 25 heavy (non-hydrogen) atoms. The number of nitrogens with zero attached hydrogens (tertiary/aromatic N) is 4. The Morgan fingerprint density at radius 3 is 2.68 bits per heavy atom. The molecular formula is C19H17N5O. The molecule has 1 amide bonds. The largest absolute Gasteiger partial charge is 0.335 e. The molecule has 0 saturated carbocycles. The highest BCUT2D eigenvalue weighted by Crippen LogP contribution is 2.09. The van der Waals surface area contributed by atoms with Gasteiger partial charge in [-0.05, 0) is 24.1 Å². The highest BCUT2D eigenvalue weighted by Gasteiger charge is 2.20. The zero-order chi connectivity index (χ0) is 17.1. The molecule has 0 spiro atoms. The third-order valence-corrected chi connectivity index (χ3v) is 4.06. The Labute approximate surface area is 145 Å². The zero-order valence-corrected chi connectivity index (χ0v) is 13.6. The minimum Gasteiger partial charge on any atom is -0.335 e. The average molecular weight is 331 g/mol. The fourth-order valence-corrected chi connectivity index (χ4v) is 2.74. The Balaban J connectivity index is 1.59. The van der Waals surface area contributed by atoms with Gasteiger partial charge in [-0.2, -0.15) is 5.10 Å². The lowest BCUT2D eigenvalue weighted by Crippen LogP contribution is -2.46. The number of hydrogen-bond acceptors (Lipinski definition) is 4. The second-order valence-corrected chi connectivity index (χ2v) is 5.80. The van der Waals surface area contributed by atoms with Crippen molar-refractivity contribution >= 4 is 11.6 Å². The molecule has 0 aliphatic carbocycles. The van der Waals surface area contributed by atoms with Crippen molar-refractivity contribution in [2.75, 3.05) is 26.2 Å². The van der Waals surface area contributed by atoms with Gasteiger partial charge in [0.05, 0.1) is 0 Å². The molecule has 1 saturated heterocycles. The van der Waals surface area contributed by atoms with E-state index >= 15 is 0 Å². The van der Waals surface area contributed by atoms with Gasteiger partial charge in [0.2, 0.25) is 0 Å². The lowest BCUT2D eigenvalue weighted by atomic mass is 10.2. The number of piperazine rings is 1. The van der Waals surface area contributed by atoms with Gasteiger partial charge in [-0.15, -0.1) is 0 Å². The Morgan fingerprint density at radius 2 is 1.88 bits per heavy atom. The molecule has 2 aromatic heterocycles. The number of benzene rings is 1. The van der Waals surface area contributed by atoms with E-state index in [9.17, 15) is 4.79 Å². The number of fused-ring (bicyclic) bond motifs is 1. The van der Waals surface area contributed by atoms with Crippen molar-refractivity contribution in [1.29, 1.82) is 0 Å². The monoisotopic (exact) mass is 331 g/mol. The molecule has 124 valence electrons. The van der Waals surface area contributed by atoms with Gasteiger partial charge >= 0.3 is 0 Å². The van der Waals surface area contributed by atoms with Crippen molar-refractivity contribution in [1.82, 2.24) is 24.8 Å². The summed E-state index contributed by atoms with van der Waals surface area (Å²) in [6, 6.07) is 13.3. The summed E-state index contributed by atoms with van der Waals surface area (Å²) in [5, 5.41) is 7.58. The highest BCUT2D eigenvalue weighted by atomic mass is 16.2. The third kappa shape index (κ3) is 3.37. The Bertz CT molecular complexity index is 962. The smallest absolute Gasteiger partial charge is 0.274 e. The van der Waals surface area contributed by atoms with Crippen molar-refractivity contribution in [2.24, 2.45) is 0 Å². The summed E-state index contributed by atoms with van der Waals surface area (Å²) in [6.45, 7) is 3.04. The standard InChI is InChI=1S/C19H17N5O/c25-19(23-12-9-20-10-13-23)17-14-18-21-16(8-11-24(18)22-17)7-6-15-4-2-1-3-5-15/h1-5,8,11,14,20H,9-10,12-13H2. The second kappa shape index (κ2) is 6.75. The molecule has 1 aliphatic rings. The summed E-state index contributed by atoms with van der Waals surface area (Å²) < 4.78 is 1.61. The predicted octanol–water partition coefficient (Wildman–Crippen LogP) is 1.17. The van der Waals surface area contributed by atoms with Crippen LogP contribution in [0.15, 0.2) is 48.7 Å². The van der Waals surface area contributed by atoms with E-state index in [4.69, 9.17) is 0 Å². The van der Waals surface area contributed by atoms with Crippen LogP contribution >= 0.6 is 0 Å². The molecule has 1 fully saturated rings. The van der Waals surface area contributed by atoms with Crippen molar-refractivity contribution < 1.29 is 4.79 Å². The lowest BCUT2D eigenvalue weighted by molar-refractivity contribution is 0.0729. The molecule has 0 radical (unpaired) electrons. The summed E-state index contributed by atoms with van der Waals surface area (Å²) in [4.78, 5) is 18.8. The van der Waals surface area contributed by atoms with Gasteiger partial charge in [-0.1, -0.05) is 24.1 Å². The molecule has 6 heteroatoms. The molecule has 0 bridgehead atoms. The number of nitrogens with one attached hydrogen (secondary N) is 1. The summed E-state index contributed by atoms with van der Waals surface area (Å²) in [5.74, 6) is 6.08. The van der Waals surface area contributed by atoms with E-state index in [0.29, 0.717) is 30.1 Å². The SMILES string of the molecule is O=C(c1cc2nc(C#Cc3ccccc3)ccn2n1)N1CCNCC1. The molecule has 0 atom stereocenters. The Morgan fingerprint density at radius 1 is 1.08 bits per heavy atom. The molecule has 1 aromatic carbocycles. The summed E-state index contributed by atoms with van der Waals surface area (Å²) in [7, 11) is 0. The maximum atomic E-state index is 12.5. The Kier molecular flexibility index (Phi) is 4.15. The Hall–Kier alpha value is -3.17. The molecule has 3 aromatic rings. The van der Waals surface area contributed by atoms with E-state index in [0.717, 1.165) is 18.7 Å². The van der Waals surface area contributed by atoms with Crippen LogP contribution in [0.2, 0.25) is 0 Å². The first-order valence-electron chi connectivity index (χ1n) is 8.23. The van der Waals surface area contributed by atoms with E-state index in [1.807, 2.05) is 35.2 Å². The number of carbonyl (C=O) groups is 1. The van der Waals surface area contributed by atoms with Crippen LogP contribution in [0.4, 0.5) is 0 Å². The van der Waals surface area contributed by atoms with Gasteiger partial charge in [-0.25, -0.2) is 9.50 Å². The van der Waals surface area contributed by atoms with Crippen LogP contribution in [0.1, 0.15) is 21.7 Å². The minimum atomic E-state index is -0.0519. The first-order valence-corrected chi connectivity index (χ1v) is 8.23. The molecule has 0 unspecified atom stereocenters. The number of carbonyl (C=O) groups excluding carboxylic acids is 1. The van der Waals surface area contributed by atoms with Gasteiger partial charge in [0.15, 0.2) is 11.3 Å². The number of aromatic nitrogens is 3. The fourth-order valence-electron chi connectivity index (χ4n) is 2.74. The number of hydrogen-bond donors (Lipinski definition) is 1. The van der Waals surface area contributed by atoms with Gasteiger partial charge < -0.3 is 10.2 Å². The van der Waals surface area contributed by atoms with Gasteiger partial charge in [0, 0.05) is 44.0 Å². The van der Waals surface area contributed by atoms with Crippen LogP contribution in [-0.4, -0.2) is 51.6 Å². The topological polar surface area (TPSA) is 62.5 Å². The second-order valence-electron chi connectivity index (χ2n) is 5.80. The predicted molar refractivity (Wildman–Crippen MR) is 94.2 cm³/mol. The highest BCUT2D eigenvalue weighted by molar-refractivity contribution is 5.93. The van der Waals surface area contributed by atoms with Crippen LogP contribution in [0.25, 0.3) is 5.65 Å². The average Bonchev–Trinajstić information content (AvgIpc) is 3.10. The maximum Gasteiger partial charge on any atom is 0.274 e. The molecule has 6 nitrogen and oxygen atoms in total. The quantitative estimate of drug-likeness (QED) is 0.680. The molecule has 1 aliphatic heterocycles. The van der Waals surface area contributed by atoms with Crippen molar-refractivity contribution in [3.05, 3.63) is 65.6 Å². The summed E-state index contributed by atoms with van der Waals surface area (Å²) in [6.07, 6.45) is 1.78. The van der Waals surface area contributed by atoms with Crippen LogP contribution in [0, 0.1) is 11.8 Å². The maximum absolute atomic E-state index is 12.5.